The number of aromatic nitrogens is 1. The molecule has 0 unspecified atom stereocenters. The van der Waals surface area contributed by atoms with E-state index in [-0.39, 0.29) is 12.4 Å². The molecule has 0 saturated carbocycles. The molecule has 0 amide bonds. The van der Waals surface area contributed by atoms with Gasteiger partial charge in [0, 0.05) is 11.8 Å². The quantitative estimate of drug-likeness (QED) is 0.898. The van der Waals surface area contributed by atoms with Gasteiger partial charge in [-0.15, -0.1) is 0 Å². The minimum absolute atomic E-state index is 0.264. The van der Waals surface area contributed by atoms with Gasteiger partial charge in [0.1, 0.15) is 18.2 Å². The molecule has 1 aromatic carbocycles. The van der Waals surface area contributed by atoms with Crippen molar-refractivity contribution in [1.29, 1.82) is 0 Å². The van der Waals surface area contributed by atoms with Crippen LogP contribution in [0.1, 0.15) is 30.6 Å². The number of hydrogen-bond donors (Lipinski definition) is 1. The van der Waals surface area contributed by atoms with Crippen LogP contribution in [0.15, 0.2) is 42.7 Å². The number of rotatable bonds is 5. The summed E-state index contributed by atoms with van der Waals surface area (Å²) in [5, 5.41) is 9.67. The highest BCUT2D eigenvalue weighted by Gasteiger charge is 2.04. The topological polar surface area (TPSA) is 42.4 Å². The second kappa shape index (κ2) is 6.29. The first-order chi connectivity index (χ1) is 9.19. The molecule has 1 atom stereocenters. The zero-order chi connectivity index (χ0) is 13.7. The average Bonchev–Trinajstić information content (AvgIpc) is 2.45. The molecule has 19 heavy (non-hydrogen) atoms. The lowest BCUT2D eigenvalue weighted by Crippen LogP contribution is -1.98. The molecule has 1 heterocycles. The number of aliphatic hydroxyl groups is 1. The summed E-state index contributed by atoms with van der Waals surface area (Å²) in [7, 11) is 0. The Labute approximate surface area is 111 Å². The molecular weight excluding hydrogens is 245 g/mol. The lowest BCUT2D eigenvalue weighted by Gasteiger charge is -2.10. The van der Waals surface area contributed by atoms with Gasteiger partial charge < -0.3 is 9.84 Å². The minimum Gasteiger partial charge on any atom is -0.489 e. The highest BCUT2D eigenvalue weighted by atomic mass is 19.1. The van der Waals surface area contributed by atoms with Gasteiger partial charge in [0.2, 0.25) is 0 Å². The molecular formula is C15H16FNO2. The first-order valence-corrected chi connectivity index (χ1v) is 6.19. The predicted octanol–water partition coefficient (Wildman–Crippen LogP) is 3.24. The molecule has 0 aliphatic rings. The fraction of sp³-hybridized carbons (Fsp3) is 0.267. The number of pyridine rings is 1. The van der Waals surface area contributed by atoms with Crippen molar-refractivity contribution in [1.82, 2.24) is 4.98 Å². The molecule has 0 fully saturated rings. The average molecular weight is 261 g/mol. The van der Waals surface area contributed by atoms with Crippen molar-refractivity contribution >= 4 is 0 Å². The number of ether oxygens (including phenoxy) is 1. The Hall–Kier alpha value is -1.94. The Bertz CT molecular complexity index is 528. The van der Waals surface area contributed by atoms with E-state index in [0.29, 0.717) is 17.7 Å². The van der Waals surface area contributed by atoms with Gasteiger partial charge in [-0.1, -0.05) is 19.1 Å². The molecule has 1 aromatic heterocycles. The van der Waals surface area contributed by atoms with Crippen molar-refractivity contribution in [3.05, 3.63) is 59.7 Å². The molecule has 4 heteroatoms. The van der Waals surface area contributed by atoms with E-state index in [0.717, 1.165) is 11.8 Å². The van der Waals surface area contributed by atoms with E-state index in [9.17, 15) is 9.50 Å². The van der Waals surface area contributed by atoms with Crippen LogP contribution in [-0.4, -0.2) is 10.1 Å². The summed E-state index contributed by atoms with van der Waals surface area (Å²) in [6.45, 7) is 2.19. The van der Waals surface area contributed by atoms with E-state index < -0.39 is 6.10 Å². The van der Waals surface area contributed by atoms with Crippen molar-refractivity contribution in [2.24, 2.45) is 0 Å². The van der Waals surface area contributed by atoms with Crippen LogP contribution in [-0.2, 0) is 6.61 Å². The third-order valence-electron chi connectivity index (χ3n) is 2.82. The maximum absolute atomic E-state index is 12.9. The van der Waals surface area contributed by atoms with Gasteiger partial charge in [-0.05, 0) is 30.2 Å². The van der Waals surface area contributed by atoms with E-state index in [4.69, 9.17) is 4.74 Å². The molecule has 100 valence electrons. The van der Waals surface area contributed by atoms with Crippen LogP contribution in [0.3, 0.4) is 0 Å². The number of benzene rings is 1. The number of nitrogens with zero attached hydrogens (tertiary/aromatic N) is 1. The monoisotopic (exact) mass is 261 g/mol. The lowest BCUT2D eigenvalue weighted by atomic mass is 10.1. The fourth-order valence-corrected chi connectivity index (χ4v) is 1.72. The van der Waals surface area contributed by atoms with Crippen molar-refractivity contribution in [3.8, 4) is 5.75 Å². The molecule has 2 aromatic rings. The Morgan fingerprint density at radius 2 is 2.00 bits per heavy atom. The van der Waals surface area contributed by atoms with Gasteiger partial charge in [-0.25, -0.2) is 4.39 Å². The Morgan fingerprint density at radius 3 is 2.63 bits per heavy atom. The van der Waals surface area contributed by atoms with E-state index in [1.807, 2.05) is 19.1 Å². The molecule has 0 aliphatic carbocycles. The van der Waals surface area contributed by atoms with Crippen molar-refractivity contribution in [2.75, 3.05) is 0 Å². The van der Waals surface area contributed by atoms with Crippen molar-refractivity contribution in [3.63, 3.8) is 0 Å². The molecule has 0 saturated heterocycles. The van der Waals surface area contributed by atoms with Crippen LogP contribution in [0.2, 0.25) is 0 Å². The summed E-state index contributed by atoms with van der Waals surface area (Å²) in [4.78, 5) is 3.76. The van der Waals surface area contributed by atoms with E-state index in [1.165, 1.54) is 6.07 Å². The summed E-state index contributed by atoms with van der Waals surface area (Å²) in [5.74, 6) is 0.304. The van der Waals surface area contributed by atoms with Crippen LogP contribution < -0.4 is 4.74 Å². The Balaban J connectivity index is 1.96. The molecule has 0 radical (unpaired) electrons. The zero-order valence-corrected chi connectivity index (χ0v) is 10.7. The molecule has 2 rings (SSSR count). The zero-order valence-electron chi connectivity index (χ0n) is 10.7. The summed E-state index contributed by atoms with van der Waals surface area (Å²) in [6.07, 6.45) is 2.96. The van der Waals surface area contributed by atoms with Crippen molar-refractivity contribution < 1.29 is 14.2 Å². The van der Waals surface area contributed by atoms with Gasteiger partial charge >= 0.3 is 0 Å². The normalized spacial score (nSPS) is 12.2. The number of hydrogen-bond acceptors (Lipinski definition) is 3. The standard InChI is InChI=1S/C15H16FNO2/c1-2-15(18)12-3-5-14(6-4-12)19-10-11-7-13(16)9-17-8-11/h3-9,15,18H,2,10H2,1H3/t15-/m1/s1. The van der Waals surface area contributed by atoms with Gasteiger partial charge in [-0.2, -0.15) is 0 Å². The van der Waals surface area contributed by atoms with Gasteiger partial charge in [0.15, 0.2) is 0 Å². The second-order valence-corrected chi connectivity index (χ2v) is 4.29. The first kappa shape index (κ1) is 13.5. The predicted molar refractivity (Wildman–Crippen MR) is 70.2 cm³/mol. The van der Waals surface area contributed by atoms with Gasteiger partial charge in [0.05, 0.1) is 12.3 Å². The summed E-state index contributed by atoms with van der Waals surface area (Å²) < 4.78 is 18.5. The molecule has 0 aliphatic heterocycles. The second-order valence-electron chi connectivity index (χ2n) is 4.29. The van der Waals surface area contributed by atoms with Gasteiger partial charge in [-0.3, -0.25) is 4.98 Å². The van der Waals surface area contributed by atoms with Crippen LogP contribution >= 0.6 is 0 Å². The lowest BCUT2D eigenvalue weighted by molar-refractivity contribution is 0.173. The van der Waals surface area contributed by atoms with Crippen LogP contribution in [0.5, 0.6) is 5.75 Å². The summed E-state index contributed by atoms with van der Waals surface area (Å²) in [5.41, 5.74) is 1.54. The van der Waals surface area contributed by atoms with Crippen molar-refractivity contribution in [2.45, 2.75) is 26.1 Å². The van der Waals surface area contributed by atoms with E-state index in [2.05, 4.69) is 4.98 Å². The third kappa shape index (κ3) is 3.76. The number of aliphatic hydroxyl groups excluding tert-OH is 1. The Morgan fingerprint density at radius 1 is 1.26 bits per heavy atom. The molecule has 0 spiro atoms. The maximum Gasteiger partial charge on any atom is 0.141 e. The van der Waals surface area contributed by atoms with E-state index in [1.54, 1.807) is 18.3 Å². The fourth-order valence-electron chi connectivity index (χ4n) is 1.72. The summed E-state index contributed by atoms with van der Waals surface area (Å²) >= 11 is 0. The summed E-state index contributed by atoms with van der Waals surface area (Å²) in [6, 6.07) is 8.63. The minimum atomic E-state index is -0.443. The Kier molecular flexibility index (Phi) is 4.47. The third-order valence-corrected chi connectivity index (χ3v) is 2.82. The molecule has 0 bridgehead atoms. The largest absolute Gasteiger partial charge is 0.489 e. The molecule has 3 nitrogen and oxygen atoms in total. The smallest absolute Gasteiger partial charge is 0.141 e. The highest BCUT2D eigenvalue weighted by molar-refractivity contribution is 5.28. The number of halogens is 1. The van der Waals surface area contributed by atoms with Crippen LogP contribution in [0.25, 0.3) is 0 Å². The highest BCUT2D eigenvalue weighted by Crippen LogP contribution is 2.20. The SMILES string of the molecule is CC[C@@H](O)c1ccc(OCc2cncc(F)c2)cc1. The van der Waals surface area contributed by atoms with Crippen LogP contribution in [0.4, 0.5) is 4.39 Å². The van der Waals surface area contributed by atoms with E-state index >= 15 is 0 Å². The van der Waals surface area contributed by atoms with Crippen LogP contribution in [0, 0.1) is 5.82 Å². The first-order valence-electron chi connectivity index (χ1n) is 6.19. The van der Waals surface area contributed by atoms with Gasteiger partial charge in [0.25, 0.3) is 0 Å². The molecule has 1 N–H and O–H groups in total. The maximum atomic E-state index is 12.9.